The molecule has 0 radical (unpaired) electrons. The summed E-state index contributed by atoms with van der Waals surface area (Å²) in [7, 11) is 0. The van der Waals surface area contributed by atoms with E-state index in [4.69, 9.17) is 4.84 Å². The highest BCUT2D eigenvalue weighted by Gasteiger charge is 2.40. The van der Waals surface area contributed by atoms with Gasteiger partial charge in [-0.1, -0.05) is 23.4 Å². The zero-order chi connectivity index (χ0) is 16.4. The van der Waals surface area contributed by atoms with Gasteiger partial charge in [0, 0.05) is 18.4 Å². The summed E-state index contributed by atoms with van der Waals surface area (Å²) in [6.07, 6.45) is 2.12. The normalized spacial score (nSPS) is 20.2. The van der Waals surface area contributed by atoms with Crippen molar-refractivity contribution in [3.05, 3.63) is 40.8 Å². The van der Waals surface area contributed by atoms with E-state index in [0.717, 1.165) is 11.1 Å². The number of aromatic nitrogens is 2. The molecule has 120 valence electrons. The minimum absolute atomic E-state index is 0.167. The average Bonchev–Trinajstić information content (AvgIpc) is 2.90. The SMILES string of the molecule is CC1=NO[C@](C)(C(=O)NCCn2ncc3ccccc3c2=O)C1. The molecule has 2 aromatic rings. The molecule has 0 unspecified atom stereocenters. The van der Waals surface area contributed by atoms with Gasteiger partial charge in [0.15, 0.2) is 0 Å². The Hall–Kier alpha value is -2.70. The Labute approximate surface area is 132 Å². The van der Waals surface area contributed by atoms with E-state index in [1.807, 2.05) is 25.1 Å². The van der Waals surface area contributed by atoms with Gasteiger partial charge in [0.05, 0.1) is 23.8 Å². The third kappa shape index (κ3) is 2.94. The number of fused-ring (bicyclic) bond motifs is 1. The summed E-state index contributed by atoms with van der Waals surface area (Å²) < 4.78 is 1.35. The molecule has 1 aliphatic rings. The Bertz CT molecular complexity index is 843. The van der Waals surface area contributed by atoms with Crippen molar-refractivity contribution in [2.45, 2.75) is 32.4 Å². The average molecular weight is 314 g/mol. The molecule has 2 heterocycles. The van der Waals surface area contributed by atoms with Crippen LogP contribution in [0.2, 0.25) is 0 Å². The first-order valence-electron chi connectivity index (χ1n) is 7.44. The van der Waals surface area contributed by atoms with Crippen LogP contribution in [0, 0.1) is 0 Å². The molecule has 1 aromatic heterocycles. The molecule has 0 bridgehead atoms. The fraction of sp³-hybridized carbons (Fsp3) is 0.375. The molecule has 1 aromatic carbocycles. The molecule has 23 heavy (non-hydrogen) atoms. The number of hydrogen-bond acceptors (Lipinski definition) is 5. The summed E-state index contributed by atoms with van der Waals surface area (Å²) in [4.78, 5) is 29.7. The summed E-state index contributed by atoms with van der Waals surface area (Å²) >= 11 is 0. The van der Waals surface area contributed by atoms with Crippen LogP contribution in [0.3, 0.4) is 0 Å². The highest BCUT2D eigenvalue weighted by molar-refractivity contribution is 5.94. The minimum Gasteiger partial charge on any atom is -0.379 e. The van der Waals surface area contributed by atoms with Crippen molar-refractivity contribution in [3.63, 3.8) is 0 Å². The van der Waals surface area contributed by atoms with E-state index < -0.39 is 5.60 Å². The number of amides is 1. The highest BCUT2D eigenvalue weighted by Crippen LogP contribution is 2.23. The van der Waals surface area contributed by atoms with Crippen LogP contribution in [0.25, 0.3) is 10.8 Å². The molecule has 0 saturated heterocycles. The zero-order valence-corrected chi connectivity index (χ0v) is 13.1. The van der Waals surface area contributed by atoms with Gasteiger partial charge in [-0.2, -0.15) is 5.10 Å². The van der Waals surface area contributed by atoms with Crippen LogP contribution in [0.15, 0.2) is 40.4 Å². The van der Waals surface area contributed by atoms with Crippen molar-refractivity contribution in [1.29, 1.82) is 0 Å². The Balaban J connectivity index is 1.64. The second kappa shape index (κ2) is 5.83. The predicted molar refractivity (Wildman–Crippen MR) is 86.2 cm³/mol. The van der Waals surface area contributed by atoms with Gasteiger partial charge < -0.3 is 10.2 Å². The highest BCUT2D eigenvalue weighted by atomic mass is 16.7. The smallest absolute Gasteiger partial charge is 0.274 e. The van der Waals surface area contributed by atoms with Crippen molar-refractivity contribution < 1.29 is 9.63 Å². The number of carbonyl (C=O) groups excluding carboxylic acids is 1. The van der Waals surface area contributed by atoms with Gasteiger partial charge in [0.2, 0.25) is 5.60 Å². The molecule has 1 atom stereocenters. The molecule has 1 aliphatic heterocycles. The summed E-state index contributed by atoms with van der Waals surface area (Å²) in [6, 6.07) is 7.29. The van der Waals surface area contributed by atoms with E-state index in [0.29, 0.717) is 24.9 Å². The van der Waals surface area contributed by atoms with Gasteiger partial charge in [-0.15, -0.1) is 0 Å². The molecule has 0 aliphatic carbocycles. The lowest BCUT2D eigenvalue weighted by atomic mass is 9.99. The van der Waals surface area contributed by atoms with Gasteiger partial charge in [0.1, 0.15) is 0 Å². The number of nitrogens with zero attached hydrogens (tertiary/aromatic N) is 3. The van der Waals surface area contributed by atoms with Crippen LogP contribution in [0.5, 0.6) is 0 Å². The summed E-state index contributed by atoms with van der Waals surface area (Å²) in [6.45, 7) is 4.10. The zero-order valence-electron chi connectivity index (χ0n) is 13.1. The van der Waals surface area contributed by atoms with Gasteiger partial charge in [0.25, 0.3) is 11.5 Å². The van der Waals surface area contributed by atoms with Gasteiger partial charge >= 0.3 is 0 Å². The molecule has 0 saturated carbocycles. The lowest BCUT2D eigenvalue weighted by molar-refractivity contribution is -0.141. The molecule has 1 N–H and O–H groups in total. The van der Waals surface area contributed by atoms with Crippen molar-refractivity contribution in [2.75, 3.05) is 6.54 Å². The maximum atomic E-state index is 12.3. The number of rotatable bonds is 4. The Kier molecular flexibility index (Phi) is 3.85. The molecular weight excluding hydrogens is 296 g/mol. The largest absolute Gasteiger partial charge is 0.379 e. The van der Waals surface area contributed by atoms with Gasteiger partial charge in [-0.05, 0) is 19.9 Å². The molecular formula is C16H18N4O3. The van der Waals surface area contributed by atoms with Crippen LogP contribution < -0.4 is 10.9 Å². The first-order valence-corrected chi connectivity index (χ1v) is 7.44. The third-order valence-electron chi connectivity index (χ3n) is 3.85. The molecule has 1 amide bonds. The Morgan fingerprint density at radius 3 is 2.96 bits per heavy atom. The van der Waals surface area contributed by atoms with Crippen LogP contribution in [-0.2, 0) is 16.2 Å². The summed E-state index contributed by atoms with van der Waals surface area (Å²) in [5.41, 5.74) is -0.346. The third-order valence-corrected chi connectivity index (χ3v) is 3.85. The van der Waals surface area contributed by atoms with Crippen LogP contribution in [0.1, 0.15) is 20.3 Å². The summed E-state index contributed by atoms with van der Waals surface area (Å²) in [5.74, 6) is -0.244. The van der Waals surface area contributed by atoms with E-state index in [2.05, 4.69) is 15.6 Å². The first-order chi connectivity index (χ1) is 11.0. The van der Waals surface area contributed by atoms with Gasteiger partial charge in [-0.3, -0.25) is 9.59 Å². The number of nitrogens with one attached hydrogen (secondary N) is 1. The van der Waals surface area contributed by atoms with Crippen LogP contribution in [-0.4, -0.2) is 33.5 Å². The monoisotopic (exact) mass is 314 g/mol. The second-order valence-corrected chi connectivity index (χ2v) is 5.84. The first kappa shape index (κ1) is 15.2. The minimum atomic E-state index is -0.966. The lowest BCUT2D eigenvalue weighted by Gasteiger charge is -2.20. The second-order valence-electron chi connectivity index (χ2n) is 5.84. The van der Waals surface area contributed by atoms with Crippen LogP contribution in [0.4, 0.5) is 0 Å². The van der Waals surface area contributed by atoms with E-state index in [1.54, 1.807) is 19.2 Å². The number of carbonyl (C=O) groups is 1. The molecule has 3 rings (SSSR count). The van der Waals surface area contributed by atoms with Crippen LogP contribution >= 0.6 is 0 Å². The molecule has 0 fully saturated rings. The van der Waals surface area contributed by atoms with Crippen molar-refractivity contribution >= 4 is 22.4 Å². The Morgan fingerprint density at radius 1 is 1.43 bits per heavy atom. The maximum absolute atomic E-state index is 12.3. The van der Waals surface area contributed by atoms with Crippen molar-refractivity contribution in [2.24, 2.45) is 5.16 Å². The fourth-order valence-electron chi connectivity index (χ4n) is 2.60. The number of oxime groups is 1. The van der Waals surface area contributed by atoms with Crippen molar-refractivity contribution in [3.8, 4) is 0 Å². The lowest BCUT2D eigenvalue weighted by Crippen LogP contribution is -2.46. The van der Waals surface area contributed by atoms with E-state index in [1.165, 1.54) is 4.68 Å². The number of benzene rings is 1. The maximum Gasteiger partial charge on any atom is 0.274 e. The molecule has 7 heteroatoms. The van der Waals surface area contributed by atoms with Crippen molar-refractivity contribution in [1.82, 2.24) is 15.1 Å². The summed E-state index contributed by atoms with van der Waals surface area (Å²) in [5, 5.41) is 12.1. The number of hydrogen-bond donors (Lipinski definition) is 1. The topological polar surface area (TPSA) is 85.6 Å². The molecule has 0 spiro atoms. The standard InChI is InChI=1S/C16H18N4O3/c1-11-9-16(2,23-19-11)15(22)17-7-8-20-14(21)13-6-4-3-5-12(13)10-18-20/h3-6,10H,7-9H2,1-2H3,(H,17,22)/t16-/m0/s1. The molecule has 7 nitrogen and oxygen atoms in total. The predicted octanol–water partition coefficient (Wildman–Crippen LogP) is 1.07. The van der Waals surface area contributed by atoms with E-state index in [9.17, 15) is 9.59 Å². The Morgan fingerprint density at radius 2 is 2.22 bits per heavy atom. The fourth-order valence-corrected chi connectivity index (χ4v) is 2.60. The quantitative estimate of drug-likeness (QED) is 0.914. The van der Waals surface area contributed by atoms with E-state index in [-0.39, 0.29) is 11.5 Å². The van der Waals surface area contributed by atoms with Gasteiger partial charge in [-0.25, -0.2) is 4.68 Å². The van der Waals surface area contributed by atoms with E-state index >= 15 is 0 Å².